The number of hydrogen-bond acceptors (Lipinski definition) is 4. The van der Waals surface area contributed by atoms with E-state index in [2.05, 4.69) is 9.89 Å². The van der Waals surface area contributed by atoms with Crippen molar-refractivity contribution in [3.8, 4) is 11.3 Å². The highest BCUT2D eigenvalue weighted by Gasteiger charge is 2.09. The van der Waals surface area contributed by atoms with Gasteiger partial charge in [-0.1, -0.05) is 17.3 Å². The largest absolute Gasteiger partial charge is 0.465 e. The van der Waals surface area contributed by atoms with Gasteiger partial charge in [0.1, 0.15) is 0 Å². The first-order valence-electron chi connectivity index (χ1n) is 4.83. The van der Waals surface area contributed by atoms with Gasteiger partial charge in [0.15, 0.2) is 5.76 Å². The number of carbonyl (C=O) groups excluding carboxylic acids is 1. The lowest BCUT2D eigenvalue weighted by Gasteiger charge is -2.00. The molecular weight excluding hydrogens is 206 g/mol. The van der Waals surface area contributed by atoms with Crippen LogP contribution in [0.1, 0.15) is 16.1 Å². The normalized spacial score (nSPS) is 10.1. The number of carbonyl (C=O) groups is 1. The SMILES string of the molecule is COC(=O)c1cccc(-c2cc(C)no2)c1. The van der Waals surface area contributed by atoms with E-state index < -0.39 is 0 Å². The molecule has 0 spiro atoms. The molecule has 0 aliphatic heterocycles. The van der Waals surface area contributed by atoms with Crippen molar-refractivity contribution in [3.63, 3.8) is 0 Å². The van der Waals surface area contributed by atoms with E-state index in [0.717, 1.165) is 11.3 Å². The molecule has 0 N–H and O–H groups in total. The Morgan fingerprint density at radius 2 is 2.19 bits per heavy atom. The highest BCUT2D eigenvalue weighted by atomic mass is 16.5. The van der Waals surface area contributed by atoms with Crippen molar-refractivity contribution in [2.24, 2.45) is 0 Å². The van der Waals surface area contributed by atoms with Crippen molar-refractivity contribution in [3.05, 3.63) is 41.6 Å². The van der Waals surface area contributed by atoms with E-state index in [1.807, 2.05) is 19.1 Å². The quantitative estimate of drug-likeness (QED) is 0.725. The standard InChI is InChI=1S/C12H11NO3/c1-8-6-11(16-13-8)9-4-3-5-10(7-9)12(14)15-2/h3-7H,1-2H3. The Bertz CT molecular complexity index is 516. The second-order valence-electron chi connectivity index (χ2n) is 3.40. The van der Waals surface area contributed by atoms with Gasteiger partial charge in [-0.25, -0.2) is 4.79 Å². The fraction of sp³-hybridized carbons (Fsp3) is 0.167. The van der Waals surface area contributed by atoms with E-state index in [4.69, 9.17) is 4.52 Å². The minimum absolute atomic E-state index is 0.363. The van der Waals surface area contributed by atoms with E-state index in [-0.39, 0.29) is 5.97 Å². The number of aromatic nitrogens is 1. The van der Waals surface area contributed by atoms with Crippen LogP contribution in [0.3, 0.4) is 0 Å². The van der Waals surface area contributed by atoms with Gasteiger partial charge in [-0.15, -0.1) is 0 Å². The molecule has 4 heteroatoms. The summed E-state index contributed by atoms with van der Waals surface area (Å²) in [4.78, 5) is 11.3. The Morgan fingerprint density at radius 1 is 1.38 bits per heavy atom. The summed E-state index contributed by atoms with van der Waals surface area (Å²) in [7, 11) is 1.35. The van der Waals surface area contributed by atoms with Crippen molar-refractivity contribution in [2.75, 3.05) is 7.11 Å². The molecule has 1 aromatic heterocycles. The molecule has 0 atom stereocenters. The molecule has 0 saturated carbocycles. The maximum atomic E-state index is 11.3. The smallest absolute Gasteiger partial charge is 0.337 e. The number of nitrogens with zero attached hydrogens (tertiary/aromatic N) is 1. The van der Waals surface area contributed by atoms with Crippen molar-refractivity contribution >= 4 is 5.97 Å². The molecule has 0 aliphatic rings. The Hall–Kier alpha value is -2.10. The van der Waals surface area contributed by atoms with E-state index in [1.54, 1.807) is 18.2 Å². The lowest BCUT2D eigenvalue weighted by Crippen LogP contribution is -2.00. The molecule has 1 heterocycles. The summed E-state index contributed by atoms with van der Waals surface area (Å²) in [5.74, 6) is 0.279. The van der Waals surface area contributed by atoms with Crippen LogP contribution in [0, 0.1) is 6.92 Å². The topological polar surface area (TPSA) is 52.3 Å². The lowest BCUT2D eigenvalue weighted by molar-refractivity contribution is 0.0601. The molecule has 0 amide bonds. The van der Waals surface area contributed by atoms with Crippen LogP contribution < -0.4 is 0 Å². The maximum Gasteiger partial charge on any atom is 0.337 e. The summed E-state index contributed by atoms with van der Waals surface area (Å²) < 4.78 is 9.76. The fourth-order valence-electron chi connectivity index (χ4n) is 1.42. The Balaban J connectivity index is 2.39. The van der Waals surface area contributed by atoms with Crippen LogP contribution in [0.4, 0.5) is 0 Å². The summed E-state index contributed by atoms with van der Waals surface area (Å²) in [6.45, 7) is 1.84. The van der Waals surface area contributed by atoms with Crippen LogP contribution in [0.5, 0.6) is 0 Å². The second-order valence-corrected chi connectivity index (χ2v) is 3.40. The highest BCUT2D eigenvalue weighted by molar-refractivity contribution is 5.90. The lowest BCUT2D eigenvalue weighted by atomic mass is 10.1. The van der Waals surface area contributed by atoms with Gasteiger partial charge < -0.3 is 9.26 Å². The molecule has 0 bridgehead atoms. The number of aryl methyl sites for hydroxylation is 1. The minimum Gasteiger partial charge on any atom is -0.465 e. The number of methoxy groups -OCH3 is 1. The second kappa shape index (κ2) is 4.18. The molecule has 0 fully saturated rings. The third kappa shape index (κ3) is 1.95. The molecule has 1 aromatic carbocycles. The van der Waals surface area contributed by atoms with Crippen LogP contribution in [-0.2, 0) is 4.74 Å². The average molecular weight is 217 g/mol. The van der Waals surface area contributed by atoms with Gasteiger partial charge in [0, 0.05) is 11.6 Å². The molecule has 0 unspecified atom stereocenters. The average Bonchev–Trinajstić information content (AvgIpc) is 2.75. The van der Waals surface area contributed by atoms with E-state index in [1.165, 1.54) is 7.11 Å². The van der Waals surface area contributed by atoms with Gasteiger partial charge in [0.25, 0.3) is 0 Å². The number of hydrogen-bond donors (Lipinski definition) is 0. The van der Waals surface area contributed by atoms with Gasteiger partial charge in [0.05, 0.1) is 18.4 Å². The number of esters is 1. The summed E-state index contributed by atoms with van der Waals surface area (Å²) in [6, 6.07) is 8.85. The molecule has 82 valence electrons. The number of ether oxygens (including phenoxy) is 1. The summed E-state index contributed by atoms with van der Waals surface area (Å²) >= 11 is 0. The van der Waals surface area contributed by atoms with Gasteiger partial charge in [-0.05, 0) is 19.1 Å². The van der Waals surface area contributed by atoms with Gasteiger partial charge in [0.2, 0.25) is 0 Å². The zero-order chi connectivity index (χ0) is 11.5. The van der Waals surface area contributed by atoms with E-state index in [0.29, 0.717) is 11.3 Å². The Labute approximate surface area is 92.8 Å². The van der Waals surface area contributed by atoms with Crippen molar-refractivity contribution in [1.82, 2.24) is 5.16 Å². The van der Waals surface area contributed by atoms with Crippen molar-refractivity contribution in [1.29, 1.82) is 0 Å². The molecule has 0 radical (unpaired) electrons. The summed E-state index contributed by atoms with van der Waals surface area (Å²) in [5.41, 5.74) is 2.11. The first-order valence-corrected chi connectivity index (χ1v) is 4.83. The van der Waals surface area contributed by atoms with Gasteiger partial charge in [-0.2, -0.15) is 0 Å². The van der Waals surface area contributed by atoms with Crippen LogP contribution >= 0.6 is 0 Å². The molecule has 2 aromatic rings. The van der Waals surface area contributed by atoms with Crippen molar-refractivity contribution < 1.29 is 14.1 Å². The molecule has 2 rings (SSSR count). The third-order valence-corrected chi connectivity index (χ3v) is 2.20. The summed E-state index contributed by atoms with van der Waals surface area (Å²) in [5, 5.41) is 3.80. The fourth-order valence-corrected chi connectivity index (χ4v) is 1.42. The third-order valence-electron chi connectivity index (χ3n) is 2.20. The van der Waals surface area contributed by atoms with Crippen LogP contribution in [0.2, 0.25) is 0 Å². The van der Waals surface area contributed by atoms with Crippen LogP contribution in [0.25, 0.3) is 11.3 Å². The Morgan fingerprint density at radius 3 is 2.81 bits per heavy atom. The number of benzene rings is 1. The van der Waals surface area contributed by atoms with Crippen LogP contribution in [0.15, 0.2) is 34.9 Å². The molecule has 0 saturated heterocycles. The zero-order valence-corrected chi connectivity index (χ0v) is 9.06. The molecule has 0 aliphatic carbocycles. The zero-order valence-electron chi connectivity index (χ0n) is 9.06. The van der Waals surface area contributed by atoms with Crippen LogP contribution in [-0.4, -0.2) is 18.2 Å². The predicted molar refractivity (Wildman–Crippen MR) is 58.0 cm³/mol. The summed E-state index contributed by atoms with van der Waals surface area (Å²) in [6.07, 6.45) is 0. The van der Waals surface area contributed by atoms with Gasteiger partial charge >= 0.3 is 5.97 Å². The number of rotatable bonds is 2. The molecular formula is C12H11NO3. The molecule has 16 heavy (non-hydrogen) atoms. The minimum atomic E-state index is -0.363. The Kier molecular flexibility index (Phi) is 2.72. The highest BCUT2D eigenvalue weighted by Crippen LogP contribution is 2.21. The van der Waals surface area contributed by atoms with Crippen molar-refractivity contribution in [2.45, 2.75) is 6.92 Å². The molecule has 4 nitrogen and oxygen atoms in total. The van der Waals surface area contributed by atoms with Gasteiger partial charge in [-0.3, -0.25) is 0 Å². The van der Waals surface area contributed by atoms with E-state index >= 15 is 0 Å². The maximum absolute atomic E-state index is 11.3. The predicted octanol–water partition coefficient (Wildman–Crippen LogP) is 2.44. The first-order chi connectivity index (χ1) is 7.70. The van der Waals surface area contributed by atoms with E-state index in [9.17, 15) is 4.79 Å². The monoisotopic (exact) mass is 217 g/mol. The first kappa shape index (κ1) is 10.4.